The molecule has 0 saturated heterocycles. The average molecular weight is 246 g/mol. The van der Waals surface area contributed by atoms with Gasteiger partial charge in [-0.3, -0.25) is 0 Å². The van der Waals surface area contributed by atoms with Crippen molar-refractivity contribution < 1.29 is 5.11 Å². The molecule has 2 aromatic heterocycles. The van der Waals surface area contributed by atoms with Crippen molar-refractivity contribution in [1.29, 1.82) is 0 Å². The highest BCUT2D eigenvalue weighted by Crippen LogP contribution is 2.21. The van der Waals surface area contributed by atoms with Crippen molar-refractivity contribution in [1.82, 2.24) is 14.6 Å². The zero-order chi connectivity index (χ0) is 11.8. The minimum absolute atomic E-state index is 0.187. The normalized spacial score (nSPS) is 10.9. The summed E-state index contributed by atoms with van der Waals surface area (Å²) in [4.78, 5) is 4.34. The Kier molecular flexibility index (Phi) is 2.23. The van der Waals surface area contributed by atoms with Crippen LogP contribution in [0.5, 0.6) is 5.75 Å². The third-order valence-corrected chi connectivity index (χ3v) is 2.70. The van der Waals surface area contributed by atoms with E-state index in [0.717, 1.165) is 5.56 Å². The summed E-state index contributed by atoms with van der Waals surface area (Å²) in [7, 11) is 0. The van der Waals surface area contributed by atoms with Gasteiger partial charge in [-0.1, -0.05) is 29.8 Å². The van der Waals surface area contributed by atoms with Crippen molar-refractivity contribution >= 4 is 17.2 Å². The number of aromatic nitrogens is 3. The minimum atomic E-state index is 0.187. The fourth-order valence-electron chi connectivity index (χ4n) is 1.64. The van der Waals surface area contributed by atoms with Gasteiger partial charge in [0.15, 0.2) is 11.5 Å². The summed E-state index contributed by atoms with van der Waals surface area (Å²) >= 11 is 6.00. The lowest BCUT2D eigenvalue weighted by Crippen LogP contribution is -1.88. The highest BCUT2D eigenvalue weighted by atomic mass is 35.5. The molecule has 3 rings (SSSR count). The molecule has 0 atom stereocenters. The summed E-state index contributed by atoms with van der Waals surface area (Å²) < 4.78 is 1.56. The maximum atomic E-state index is 9.42. The zero-order valence-electron chi connectivity index (χ0n) is 8.71. The van der Waals surface area contributed by atoms with Gasteiger partial charge in [0.1, 0.15) is 10.9 Å². The largest absolute Gasteiger partial charge is 0.508 e. The third kappa shape index (κ3) is 1.72. The molecule has 0 aliphatic heterocycles. The molecule has 1 aromatic carbocycles. The lowest BCUT2D eigenvalue weighted by Gasteiger charge is -1.95. The highest BCUT2D eigenvalue weighted by Gasteiger charge is 2.08. The summed E-state index contributed by atoms with van der Waals surface area (Å²) in [6, 6.07) is 12.2. The standard InChI is InChI=1S/C12H8ClN3O/c13-10-5-2-6-11-14-12(15-16(10)11)8-3-1-4-9(17)7-8/h1-7,17H. The van der Waals surface area contributed by atoms with Crippen molar-refractivity contribution in [3.63, 3.8) is 0 Å². The third-order valence-electron chi connectivity index (χ3n) is 2.42. The summed E-state index contributed by atoms with van der Waals surface area (Å²) in [5, 5.41) is 14.2. The molecule has 4 nitrogen and oxygen atoms in total. The van der Waals surface area contributed by atoms with Crippen LogP contribution in [0.1, 0.15) is 0 Å². The van der Waals surface area contributed by atoms with E-state index in [1.54, 1.807) is 28.8 Å². The number of pyridine rings is 1. The van der Waals surface area contributed by atoms with Gasteiger partial charge in [0, 0.05) is 5.56 Å². The summed E-state index contributed by atoms with van der Waals surface area (Å²) in [5.41, 5.74) is 1.43. The second-order valence-electron chi connectivity index (χ2n) is 3.60. The molecule has 3 aromatic rings. The van der Waals surface area contributed by atoms with Gasteiger partial charge in [0.05, 0.1) is 0 Å². The van der Waals surface area contributed by atoms with Gasteiger partial charge in [-0.05, 0) is 24.3 Å². The van der Waals surface area contributed by atoms with Crippen molar-refractivity contribution in [3.8, 4) is 17.1 Å². The minimum Gasteiger partial charge on any atom is -0.508 e. The van der Waals surface area contributed by atoms with Gasteiger partial charge < -0.3 is 5.11 Å². The molecule has 1 N–H and O–H groups in total. The van der Waals surface area contributed by atoms with Gasteiger partial charge in [0.25, 0.3) is 0 Å². The molecule has 0 aliphatic rings. The Morgan fingerprint density at radius 2 is 1.94 bits per heavy atom. The number of phenols is 1. The summed E-state index contributed by atoms with van der Waals surface area (Å²) in [5.74, 6) is 0.724. The first-order valence-electron chi connectivity index (χ1n) is 5.05. The Bertz CT molecular complexity index is 693. The van der Waals surface area contributed by atoms with Crippen LogP contribution in [0.15, 0.2) is 42.5 Å². The Balaban J connectivity index is 2.22. The molecule has 0 aliphatic carbocycles. The van der Waals surface area contributed by atoms with Crippen LogP contribution in [-0.4, -0.2) is 19.7 Å². The van der Waals surface area contributed by atoms with E-state index in [1.807, 2.05) is 18.2 Å². The number of benzene rings is 1. The van der Waals surface area contributed by atoms with Crippen LogP contribution in [0.25, 0.3) is 17.0 Å². The molecule has 0 bridgehead atoms. The first-order chi connectivity index (χ1) is 8.24. The predicted molar refractivity (Wildman–Crippen MR) is 65.1 cm³/mol. The van der Waals surface area contributed by atoms with Crippen molar-refractivity contribution in [2.75, 3.05) is 0 Å². The highest BCUT2D eigenvalue weighted by molar-refractivity contribution is 6.29. The van der Waals surface area contributed by atoms with E-state index in [4.69, 9.17) is 11.6 Å². The number of halogens is 1. The van der Waals surface area contributed by atoms with E-state index in [-0.39, 0.29) is 5.75 Å². The Hall–Kier alpha value is -2.07. The lowest BCUT2D eigenvalue weighted by molar-refractivity contribution is 0.475. The topological polar surface area (TPSA) is 50.4 Å². The van der Waals surface area contributed by atoms with Crippen LogP contribution in [0, 0.1) is 0 Å². The quantitative estimate of drug-likeness (QED) is 0.671. The van der Waals surface area contributed by atoms with Gasteiger partial charge in [0.2, 0.25) is 0 Å². The lowest BCUT2D eigenvalue weighted by atomic mass is 10.2. The van der Waals surface area contributed by atoms with Crippen molar-refractivity contribution in [2.45, 2.75) is 0 Å². The summed E-state index contributed by atoms with van der Waals surface area (Å²) in [6.45, 7) is 0. The maximum Gasteiger partial charge on any atom is 0.182 e. The number of rotatable bonds is 1. The molecule has 0 amide bonds. The van der Waals surface area contributed by atoms with Crippen LogP contribution in [0.2, 0.25) is 5.15 Å². The van der Waals surface area contributed by atoms with Gasteiger partial charge in [-0.25, -0.2) is 9.50 Å². The number of phenolic OH excluding ortho intramolecular Hbond substituents is 1. The van der Waals surface area contributed by atoms with Crippen LogP contribution >= 0.6 is 11.6 Å². The van der Waals surface area contributed by atoms with E-state index in [1.165, 1.54) is 0 Å². The molecule has 17 heavy (non-hydrogen) atoms. The molecule has 0 spiro atoms. The molecule has 0 radical (unpaired) electrons. The fourth-order valence-corrected chi connectivity index (χ4v) is 1.84. The Morgan fingerprint density at radius 1 is 1.12 bits per heavy atom. The van der Waals surface area contributed by atoms with E-state index in [0.29, 0.717) is 16.6 Å². The van der Waals surface area contributed by atoms with E-state index in [9.17, 15) is 5.11 Å². The van der Waals surface area contributed by atoms with Gasteiger partial charge >= 0.3 is 0 Å². The smallest absolute Gasteiger partial charge is 0.182 e. The summed E-state index contributed by atoms with van der Waals surface area (Å²) in [6.07, 6.45) is 0. The van der Waals surface area contributed by atoms with Crippen LogP contribution in [0.3, 0.4) is 0 Å². The fraction of sp³-hybridized carbons (Fsp3) is 0. The Labute approximate surface area is 102 Å². The molecular weight excluding hydrogens is 238 g/mol. The maximum absolute atomic E-state index is 9.42. The van der Waals surface area contributed by atoms with Crippen molar-refractivity contribution in [2.24, 2.45) is 0 Å². The molecular formula is C12H8ClN3O. The van der Waals surface area contributed by atoms with E-state index in [2.05, 4.69) is 10.1 Å². The van der Waals surface area contributed by atoms with Gasteiger partial charge in [-0.15, -0.1) is 5.10 Å². The predicted octanol–water partition coefficient (Wildman–Crippen LogP) is 2.76. The molecule has 84 valence electrons. The first-order valence-corrected chi connectivity index (χ1v) is 5.42. The second kappa shape index (κ2) is 3.75. The molecule has 2 heterocycles. The number of hydrogen-bond donors (Lipinski definition) is 1. The SMILES string of the molecule is Oc1cccc(-c2nc3cccc(Cl)n3n2)c1. The second-order valence-corrected chi connectivity index (χ2v) is 3.99. The molecule has 0 unspecified atom stereocenters. The number of hydrogen-bond acceptors (Lipinski definition) is 3. The monoisotopic (exact) mass is 245 g/mol. The molecule has 0 saturated carbocycles. The average Bonchev–Trinajstić information content (AvgIpc) is 2.74. The van der Waals surface area contributed by atoms with Crippen LogP contribution in [-0.2, 0) is 0 Å². The Morgan fingerprint density at radius 3 is 2.71 bits per heavy atom. The number of fused-ring (bicyclic) bond motifs is 1. The molecule has 0 fully saturated rings. The van der Waals surface area contributed by atoms with Gasteiger partial charge in [-0.2, -0.15) is 0 Å². The van der Waals surface area contributed by atoms with Crippen LogP contribution in [0.4, 0.5) is 0 Å². The van der Waals surface area contributed by atoms with Crippen LogP contribution < -0.4 is 0 Å². The molecule has 5 heteroatoms. The number of aromatic hydroxyl groups is 1. The first kappa shape index (κ1) is 10.1. The zero-order valence-corrected chi connectivity index (χ0v) is 9.46. The van der Waals surface area contributed by atoms with E-state index >= 15 is 0 Å². The van der Waals surface area contributed by atoms with E-state index < -0.39 is 0 Å². The number of nitrogens with zero attached hydrogens (tertiary/aromatic N) is 3. The van der Waals surface area contributed by atoms with Crippen molar-refractivity contribution in [3.05, 3.63) is 47.6 Å².